The molecule has 15 heavy (non-hydrogen) atoms. The van der Waals surface area contributed by atoms with E-state index >= 15 is 0 Å². The van der Waals surface area contributed by atoms with Gasteiger partial charge in [0.1, 0.15) is 0 Å². The third-order valence-electron chi connectivity index (χ3n) is 3.21. The summed E-state index contributed by atoms with van der Waals surface area (Å²) in [6, 6.07) is 1.04. The van der Waals surface area contributed by atoms with Gasteiger partial charge in [-0.05, 0) is 32.7 Å². The van der Waals surface area contributed by atoms with E-state index in [2.05, 4.69) is 17.3 Å². The Kier molecular flexibility index (Phi) is 5.05. The molecule has 0 aromatic heterocycles. The minimum atomic E-state index is 0.0914. The first-order valence-electron chi connectivity index (χ1n) is 5.81. The monoisotopic (exact) mass is 213 g/mol. The summed E-state index contributed by atoms with van der Waals surface area (Å²) in [4.78, 5) is 13.2. The Morgan fingerprint density at radius 1 is 1.40 bits per heavy atom. The second-order valence-corrected chi connectivity index (χ2v) is 4.48. The van der Waals surface area contributed by atoms with Crippen molar-refractivity contribution in [3.63, 3.8) is 0 Å². The quantitative estimate of drug-likeness (QED) is 0.707. The molecule has 0 aromatic rings. The normalized spacial score (nSPS) is 26.7. The van der Waals surface area contributed by atoms with E-state index < -0.39 is 0 Å². The Morgan fingerprint density at radius 3 is 2.47 bits per heavy atom. The molecule has 1 aliphatic rings. The number of nitrogens with two attached hydrogens (primary N) is 1. The summed E-state index contributed by atoms with van der Waals surface area (Å²) < 4.78 is 0. The molecule has 1 rings (SSSR count). The van der Waals surface area contributed by atoms with E-state index in [1.54, 1.807) is 6.92 Å². The first-order chi connectivity index (χ1) is 7.13. The van der Waals surface area contributed by atoms with Gasteiger partial charge < -0.3 is 16.0 Å². The van der Waals surface area contributed by atoms with Gasteiger partial charge in [0.15, 0.2) is 0 Å². The fourth-order valence-electron chi connectivity index (χ4n) is 2.33. The van der Waals surface area contributed by atoms with Crippen LogP contribution in [-0.2, 0) is 4.79 Å². The average Bonchev–Trinajstić information content (AvgIpc) is 2.18. The lowest BCUT2D eigenvalue weighted by Crippen LogP contribution is -2.43. The van der Waals surface area contributed by atoms with Crippen LogP contribution in [-0.4, -0.2) is 43.0 Å². The summed E-state index contributed by atoms with van der Waals surface area (Å²) in [6.45, 7) is 3.28. The lowest BCUT2D eigenvalue weighted by molar-refractivity contribution is -0.119. The lowest BCUT2D eigenvalue weighted by atomic mass is 9.90. The van der Waals surface area contributed by atoms with Gasteiger partial charge in [0.2, 0.25) is 5.91 Å². The third-order valence-corrected chi connectivity index (χ3v) is 3.21. The van der Waals surface area contributed by atoms with Crippen LogP contribution in [0.2, 0.25) is 0 Å². The number of hydrogen-bond donors (Lipinski definition) is 2. The molecule has 1 aliphatic carbocycles. The molecule has 88 valence electrons. The Labute approximate surface area is 92.2 Å². The van der Waals surface area contributed by atoms with Gasteiger partial charge in [-0.2, -0.15) is 0 Å². The average molecular weight is 213 g/mol. The summed E-state index contributed by atoms with van der Waals surface area (Å²) in [5, 5.41) is 2.99. The van der Waals surface area contributed by atoms with E-state index in [1.165, 1.54) is 12.8 Å². The van der Waals surface area contributed by atoms with E-state index in [-0.39, 0.29) is 5.91 Å². The molecule has 1 amide bonds. The Bertz CT molecular complexity index is 200. The Hall–Kier alpha value is -0.610. The van der Waals surface area contributed by atoms with E-state index in [0.717, 1.165) is 25.9 Å². The highest BCUT2D eigenvalue weighted by atomic mass is 16.1. The van der Waals surface area contributed by atoms with E-state index in [0.29, 0.717) is 12.1 Å². The van der Waals surface area contributed by atoms with Crippen molar-refractivity contribution in [2.24, 2.45) is 5.73 Å². The van der Waals surface area contributed by atoms with Crippen LogP contribution in [0.1, 0.15) is 32.6 Å². The van der Waals surface area contributed by atoms with Crippen molar-refractivity contribution < 1.29 is 4.79 Å². The van der Waals surface area contributed by atoms with Gasteiger partial charge in [0.05, 0.1) is 0 Å². The van der Waals surface area contributed by atoms with Gasteiger partial charge in [0.25, 0.3) is 0 Å². The van der Waals surface area contributed by atoms with Crippen LogP contribution in [0.25, 0.3) is 0 Å². The number of likely N-dealkylation sites (N-methyl/N-ethyl adjacent to an activating group) is 1. The highest BCUT2D eigenvalue weighted by Gasteiger charge is 2.23. The van der Waals surface area contributed by atoms with Crippen molar-refractivity contribution >= 4 is 5.91 Å². The molecule has 0 heterocycles. The Morgan fingerprint density at radius 2 is 2.00 bits per heavy atom. The van der Waals surface area contributed by atoms with E-state index in [1.807, 2.05) is 0 Å². The van der Waals surface area contributed by atoms with Crippen molar-refractivity contribution in [3.8, 4) is 0 Å². The lowest BCUT2D eigenvalue weighted by Gasteiger charge is -2.34. The van der Waals surface area contributed by atoms with Crippen LogP contribution in [0, 0.1) is 0 Å². The molecule has 1 saturated carbocycles. The number of hydrogen-bond acceptors (Lipinski definition) is 3. The second kappa shape index (κ2) is 6.08. The predicted molar refractivity (Wildman–Crippen MR) is 61.5 cm³/mol. The summed E-state index contributed by atoms with van der Waals surface area (Å²) in [5.74, 6) is 0.0914. The van der Waals surface area contributed by atoms with Crippen molar-refractivity contribution in [3.05, 3.63) is 0 Å². The van der Waals surface area contributed by atoms with Crippen molar-refractivity contribution in [2.75, 3.05) is 20.1 Å². The van der Waals surface area contributed by atoms with Gasteiger partial charge in [-0.25, -0.2) is 0 Å². The molecule has 0 atom stereocenters. The van der Waals surface area contributed by atoms with Gasteiger partial charge in [-0.1, -0.05) is 0 Å². The molecule has 4 heteroatoms. The standard InChI is InChI=1S/C11H23N3O/c1-9(15)13-10-3-5-11(6-4-10)14(2)8-7-12/h10-11H,3-8,12H2,1-2H3,(H,13,15). The number of carbonyl (C=O) groups excluding carboxylic acids is 1. The number of nitrogens with one attached hydrogen (secondary N) is 1. The fraction of sp³-hybridized carbons (Fsp3) is 0.909. The summed E-state index contributed by atoms with van der Waals surface area (Å²) in [6.07, 6.45) is 4.53. The molecule has 0 saturated heterocycles. The zero-order chi connectivity index (χ0) is 11.3. The number of rotatable bonds is 4. The first kappa shape index (κ1) is 12.5. The van der Waals surface area contributed by atoms with Crippen LogP contribution >= 0.6 is 0 Å². The van der Waals surface area contributed by atoms with Crippen molar-refractivity contribution in [1.82, 2.24) is 10.2 Å². The van der Waals surface area contributed by atoms with Gasteiger partial charge in [-0.3, -0.25) is 4.79 Å². The van der Waals surface area contributed by atoms with Crippen LogP contribution in [0.15, 0.2) is 0 Å². The molecule has 1 fully saturated rings. The smallest absolute Gasteiger partial charge is 0.217 e. The minimum Gasteiger partial charge on any atom is -0.354 e. The zero-order valence-corrected chi connectivity index (χ0v) is 9.83. The number of nitrogens with zero attached hydrogens (tertiary/aromatic N) is 1. The first-order valence-corrected chi connectivity index (χ1v) is 5.81. The van der Waals surface area contributed by atoms with E-state index in [4.69, 9.17) is 5.73 Å². The summed E-state index contributed by atoms with van der Waals surface area (Å²) >= 11 is 0. The second-order valence-electron chi connectivity index (χ2n) is 4.48. The molecule has 0 radical (unpaired) electrons. The Balaban J connectivity index is 2.26. The topological polar surface area (TPSA) is 58.4 Å². The SMILES string of the molecule is CC(=O)NC1CCC(N(C)CCN)CC1. The molecule has 3 N–H and O–H groups in total. The van der Waals surface area contributed by atoms with Crippen LogP contribution in [0.4, 0.5) is 0 Å². The molecule has 0 aromatic carbocycles. The zero-order valence-electron chi connectivity index (χ0n) is 9.83. The maximum absolute atomic E-state index is 10.9. The maximum Gasteiger partial charge on any atom is 0.217 e. The molecule has 0 aliphatic heterocycles. The van der Waals surface area contributed by atoms with Crippen LogP contribution in [0.3, 0.4) is 0 Å². The molecular formula is C11H23N3O. The maximum atomic E-state index is 10.9. The van der Waals surface area contributed by atoms with Crippen LogP contribution in [0.5, 0.6) is 0 Å². The largest absolute Gasteiger partial charge is 0.354 e. The predicted octanol–water partition coefficient (Wildman–Crippen LogP) is 0.324. The number of carbonyl (C=O) groups is 1. The minimum absolute atomic E-state index is 0.0914. The van der Waals surface area contributed by atoms with Crippen molar-refractivity contribution in [1.29, 1.82) is 0 Å². The van der Waals surface area contributed by atoms with Crippen molar-refractivity contribution in [2.45, 2.75) is 44.7 Å². The van der Waals surface area contributed by atoms with Gasteiger partial charge >= 0.3 is 0 Å². The van der Waals surface area contributed by atoms with Gasteiger partial charge in [-0.15, -0.1) is 0 Å². The summed E-state index contributed by atoms with van der Waals surface area (Å²) in [7, 11) is 2.14. The molecular weight excluding hydrogens is 190 g/mol. The molecule has 4 nitrogen and oxygen atoms in total. The highest BCUT2D eigenvalue weighted by Crippen LogP contribution is 2.22. The van der Waals surface area contributed by atoms with E-state index in [9.17, 15) is 4.79 Å². The highest BCUT2D eigenvalue weighted by molar-refractivity contribution is 5.73. The third kappa shape index (κ3) is 4.18. The molecule has 0 unspecified atom stereocenters. The van der Waals surface area contributed by atoms with Gasteiger partial charge in [0, 0.05) is 32.1 Å². The molecule has 0 spiro atoms. The summed E-state index contributed by atoms with van der Waals surface area (Å²) in [5.41, 5.74) is 5.53. The number of amides is 1. The molecule has 0 bridgehead atoms. The van der Waals surface area contributed by atoms with Crippen LogP contribution < -0.4 is 11.1 Å². The fourth-order valence-corrected chi connectivity index (χ4v) is 2.33.